The summed E-state index contributed by atoms with van der Waals surface area (Å²) in [7, 11) is 1.00. The predicted octanol–water partition coefficient (Wildman–Crippen LogP) is 15.9. The quantitative estimate of drug-likeness (QED) is 0.0746. The molecular formula is C69H66Br2N4O7. The second kappa shape index (κ2) is 26.9. The van der Waals surface area contributed by atoms with Crippen LogP contribution >= 0.6 is 31.9 Å². The van der Waals surface area contributed by atoms with E-state index in [0.29, 0.717) is 36.4 Å². The van der Waals surface area contributed by atoms with Crippen LogP contribution in [-0.2, 0) is 17.8 Å². The Kier molecular flexibility index (Phi) is 19.6. The molecule has 0 saturated carbocycles. The molecule has 2 aromatic heterocycles. The molecule has 13 heteroatoms. The Morgan fingerprint density at radius 3 is 1.32 bits per heavy atom. The van der Waals surface area contributed by atoms with E-state index in [1.807, 2.05) is 160 Å². The number of aryl methyl sites for hydroxylation is 2. The van der Waals surface area contributed by atoms with Crippen LogP contribution in [0.5, 0.6) is 0 Å². The summed E-state index contributed by atoms with van der Waals surface area (Å²) in [4.78, 5) is 50.2. The summed E-state index contributed by atoms with van der Waals surface area (Å²) in [5.41, 5.74) is 17.0. The van der Waals surface area contributed by atoms with Gasteiger partial charge in [-0.15, -0.1) is 0 Å². The number of carbonyl (C=O) groups is 4. The van der Waals surface area contributed by atoms with Crippen molar-refractivity contribution < 1.29 is 34.1 Å². The number of aromatic carboxylic acids is 1. The maximum absolute atomic E-state index is 13.2. The molecule has 0 bridgehead atoms. The molecule has 2 amide bonds. The molecule has 0 aliphatic heterocycles. The number of hydrogen-bond donors (Lipinski definition) is 4. The first-order chi connectivity index (χ1) is 39.5. The van der Waals surface area contributed by atoms with Gasteiger partial charge in [0.05, 0.1) is 29.8 Å². The van der Waals surface area contributed by atoms with Gasteiger partial charge >= 0.3 is 11.9 Å². The number of carbonyl (C=O) groups excluding carboxylic acids is 3. The Balaban J connectivity index is 0.000000209. The second-order valence-corrected chi connectivity index (χ2v) is 21.9. The fraction of sp³-hybridized carbons (Fsp3) is 0.188. The standard InChI is InChI=1S/C35H33BrN2O3.C33H29BrN2O3.CH4O/c1-5-41-35(40)28-11-8-10-26(19-28)31-12-7-6-9-29(31)21-38-24(4)22(2)32-20-27(15-18-33(32)38)34(39)37-23(3)25-13-16-30(36)17-14-25;1-20-22(3)36(19-27-7-4-5-10-29(27)24-8-6-9-26(17-24)33(38)39)31-16-13-25(18-30(20)31)32(37)35-21(2)23-11-14-28(34)15-12-23;1-2/h6-20,23H,5,21H2,1-4H3,(H,37,39);4-18,21H,19H2,1-3H3,(H,35,37)(H,38,39);2H,1H3/t23-;21-;/m00./s1. The average Bonchev–Trinajstić information content (AvgIpc) is 4.10. The highest BCUT2D eigenvalue weighted by atomic mass is 79.9. The molecule has 0 spiro atoms. The first-order valence-corrected chi connectivity index (χ1v) is 28.6. The number of benzene rings is 8. The van der Waals surface area contributed by atoms with Crippen LogP contribution in [0.2, 0.25) is 0 Å². The fourth-order valence-corrected chi connectivity index (χ4v) is 10.8. The monoisotopic (exact) mass is 1220 g/mol. The third kappa shape index (κ3) is 13.5. The van der Waals surface area contributed by atoms with E-state index in [1.54, 1.807) is 24.3 Å². The van der Waals surface area contributed by atoms with Crippen LogP contribution < -0.4 is 10.6 Å². The molecule has 0 radical (unpaired) electrons. The number of nitrogens with zero attached hydrogens (tertiary/aromatic N) is 2. The van der Waals surface area contributed by atoms with Gasteiger partial charge in [-0.2, -0.15) is 0 Å². The zero-order chi connectivity index (χ0) is 58.8. The topological polar surface area (TPSA) is 152 Å². The van der Waals surface area contributed by atoms with Crippen LogP contribution in [-0.4, -0.2) is 56.8 Å². The molecule has 11 nitrogen and oxygen atoms in total. The van der Waals surface area contributed by atoms with Gasteiger partial charge in [0, 0.05) is 73.5 Å². The number of aromatic nitrogens is 2. The third-order valence-electron chi connectivity index (χ3n) is 15.0. The van der Waals surface area contributed by atoms with Crippen LogP contribution in [0.4, 0.5) is 0 Å². The summed E-state index contributed by atoms with van der Waals surface area (Å²) in [5.74, 6) is -1.47. The highest BCUT2D eigenvalue weighted by Gasteiger charge is 2.20. The Hall–Kier alpha value is -8.36. The van der Waals surface area contributed by atoms with E-state index < -0.39 is 5.97 Å². The summed E-state index contributed by atoms with van der Waals surface area (Å²) in [6, 6.07) is 58.5. The number of nitrogens with one attached hydrogen (secondary N) is 2. The van der Waals surface area contributed by atoms with E-state index in [1.165, 1.54) is 0 Å². The number of aliphatic hydroxyl groups excluding tert-OH is 1. The van der Waals surface area contributed by atoms with Crippen molar-refractivity contribution in [1.82, 2.24) is 19.8 Å². The van der Waals surface area contributed by atoms with E-state index in [2.05, 4.69) is 97.5 Å². The Bertz CT molecular complexity index is 3960. The van der Waals surface area contributed by atoms with E-state index in [4.69, 9.17) is 9.84 Å². The van der Waals surface area contributed by atoms with Gasteiger partial charge in [-0.3, -0.25) is 9.59 Å². The minimum atomic E-state index is -0.941. The Morgan fingerprint density at radius 2 is 0.902 bits per heavy atom. The molecular weight excluding hydrogens is 1160 g/mol. The molecule has 0 unspecified atom stereocenters. The number of fused-ring (bicyclic) bond motifs is 2. The summed E-state index contributed by atoms with van der Waals surface area (Å²) < 4.78 is 11.8. The van der Waals surface area contributed by atoms with Gasteiger partial charge in [-0.25, -0.2) is 9.59 Å². The highest BCUT2D eigenvalue weighted by molar-refractivity contribution is 9.10. The molecule has 4 N–H and O–H groups in total. The molecule has 0 saturated heterocycles. The average molecular weight is 1220 g/mol. The number of carboxylic acid groups (broad SMARTS) is 1. The molecule has 0 fully saturated rings. The van der Waals surface area contributed by atoms with Gasteiger partial charge in [0.2, 0.25) is 0 Å². The normalized spacial score (nSPS) is 11.6. The predicted molar refractivity (Wildman–Crippen MR) is 336 cm³/mol. The number of aliphatic hydroxyl groups is 1. The lowest BCUT2D eigenvalue weighted by molar-refractivity contribution is 0.0525. The smallest absolute Gasteiger partial charge is 0.338 e. The van der Waals surface area contributed by atoms with Gasteiger partial charge in [-0.1, -0.05) is 129 Å². The first-order valence-electron chi connectivity index (χ1n) is 27.0. The van der Waals surface area contributed by atoms with Crippen molar-refractivity contribution in [2.75, 3.05) is 13.7 Å². The van der Waals surface area contributed by atoms with Crippen LogP contribution in [0.25, 0.3) is 44.1 Å². The number of hydrogen-bond acceptors (Lipinski definition) is 6. The van der Waals surface area contributed by atoms with Gasteiger partial charge in [-0.05, 0) is 189 Å². The van der Waals surface area contributed by atoms with E-state index in [9.17, 15) is 24.3 Å². The number of halogens is 2. The van der Waals surface area contributed by atoms with Crippen molar-refractivity contribution in [3.63, 3.8) is 0 Å². The molecule has 0 aliphatic rings. The van der Waals surface area contributed by atoms with Crippen molar-refractivity contribution in [3.8, 4) is 22.3 Å². The van der Waals surface area contributed by atoms with Crippen molar-refractivity contribution >= 4 is 77.4 Å². The molecule has 418 valence electrons. The fourth-order valence-electron chi connectivity index (χ4n) is 10.3. The van der Waals surface area contributed by atoms with Gasteiger partial charge in [0.15, 0.2) is 0 Å². The molecule has 82 heavy (non-hydrogen) atoms. The van der Waals surface area contributed by atoms with Crippen molar-refractivity contribution in [2.45, 2.75) is 73.6 Å². The lowest BCUT2D eigenvalue weighted by atomic mass is 9.98. The molecule has 8 aromatic carbocycles. The minimum Gasteiger partial charge on any atom is -0.478 e. The zero-order valence-corrected chi connectivity index (χ0v) is 50.4. The van der Waals surface area contributed by atoms with E-state index in [-0.39, 0.29) is 35.4 Å². The maximum atomic E-state index is 13.2. The van der Waals surface area contributed by atoms with Gasteiger partial charge < -0.3 is 34.7 Å². The largest absolute Gasteiger partial charge is 0.478 e. The number of rotatable bonds is 15. The number of ether oxygens (including phenoxy) is 1. The zero-order valence-electron chi connectivity index (χ0n) is 47.2. The summed E-state index contributed by atoms with van der Waals surface area (Å²) in [5, 5.41) is 24.8. The number of carboxylic acids is 1. The third-order valence-corrected chi connectivity index (χ3v) is 16.1. The summed E-state index contributed by atoms with van der Waals surface area (Å²) in [6.07, 6.45) is 0. The van der Waals surface area contributed by atoms with Crippen molar-refractivity contribution in [2.24, 2.45) is 0 Å². The molecule has 10 aromatic rings. The lowest BCUT2D eigenvalue weighted by Gasteiger charge is -2.15. The number of amides is 2. The van der Waals surface area contributed by atoms with Gasteiger partial charge in [0.1, 0.15) is 0 Å². The van der Waals surface area contributed by atoms with Gasteiger partial charge in [0.25, 0.3) is 11.8 Å². The summed E-state index contributed by atoms with van der Waals surface area (Å²) >= 11 is 6.92. The Morgan fingerprint density at radius 1 is 0.500 bits per heavy atom. The molecule has 10 rings (SSSR count). The summed E-state index contributed by atoms with van der Waals surface area (Å²) in [6.45, 7) is 15.8. The Labute approximate surface area is 495 Å². The lowest BCUT2D eigenvalue weighted by Crippen LogP contribution is -2.26. The van der Waals surface area contributed by atoms with Crippen LogP contribution in [0.3, 0.4) is 0 Å². The second-order valence-electron chi connectivity index (χ2n) is 20.1. The van der Waals surface area contributed by atoms with Crippen molar-refractivity contribution in [3.05, 3.63) is 258 Å². The van der Waals surface area contributed by atoms with E-state index >= 15 is 0 Å². The van der Waals surface area contributed by atoms with Crippen LogP contribution in [0.15, 0.2) is 191 Å². The highest BCUT2D eigenvalue weighted by Crippen LogP contribution is 2.34. The maximum Gasteiger partial charge on any atom is 0.338 e. The number of esters is 1. The molecule has 2 atom stereocenters. The first kappa shape index (κ1) is 59.8. The molecule has 2 heterocycles. The van der Waals surface area contributed by atoms with Crippen LogP contribution in [0, 0.1) is 27.7 Å². The van der Waals surface area contributed by atoms with Crippen LogP contribution in [0.1, 0.15) is 119 Å². The minimum absolute atomic E-state index is 0.0982. The molecule has 0 aliphatic carbocycles. The van der Waals surface area contributed by atoms with Crippen molar-refractivity contribution in [1.29, 1.82) is 0 Å². The van der Waals surface area contributed by atoms with E-state index in [0.717, 1.165) is 105 Å². The SMILES string of the molecule is CCOC(=O)c1cccc(-c2ccccc2Cn2c(C)c(C)c3cc(C(=O)N[C@@H](C)c4ccc(Br)cc4)ccc32)c1.CO.Cc1c(C)n(Cc2ccccc2-c2cccc(C(=O)O)c2)c2ccc(C(=O)N[C@@H](C)c3ccc(Br)cc3)cc12.